The molecule has 17 heavy (non-hydrogen) atoms. The summed E-state index contributed by atoms with van der Waals surface area (Å²) in [6.07, 6.45) is 3.47. The highest BCUT2D eigenvalue weighted by atomic mass is 19.1. The third kappa shape index (κ3) is 4.47. The van der Waals surface area contributed by atoms with Crippen LogP contribution in [0.1, 0.15) is 18.1 Å². The molecule has 0 aliphatic carbocycles. The molecule has 0 unspecified atom stereocenters. The van der Waals surface area contributed by atoms with Crippen molar-refractivity contribution < 1.29 is 9.18 Å². The Morgan fingerprint density at radius 1 is 1.59 bits per heavy atom. The molecule has 1 aromatic carbocycles. The Hall–Kier alpha value is -2.15. The Morgan fingerprint density at radius 3 is 2.94 bits per heavy atom. The van der Waals surface area contributed by atoms with Crippen LogP contribution in [0.15, 0.2) is 24.3 Å². The van der Waals surface area contributed by atoms with Crippen molar-refractivity contribution in [3.8, 4) is 6.07 Å². The Kier molecular flexibility index (Phi) is 4.89. The van der Waals surface area contributed by atoms with Crippen molar-refractivity contribution in [3.05, 3.63) is 41.2 Å². The first-order valence-corrected chi connectivity index (χ1v) is 5.20. The van der Waals surface area contributed by atoms with Gasteiger partial charge in [-0.2, -0.15) is 5.26 Å². The van der Waals surface area contributed by atoms with Crippen LogP contribution in [-0.2, 0) is 11.2 Å². The van der Waals surface area contributed by atoms with Crippen molar-refractivity contribution >= 4 is 12.0 Å². The minimum Gasteiger partial charge on any atom is -0.353 e. The van der Waals surface area contributed by atoms with E-state index in [1.54, 1.807) is 24.3 Å². The summed E-state index contributed by atoms with van der Waals surface area (Å²) in [7, 11) is 0. The Morgan fingerprint density at radius 2 is 2.35 bits per heavy atom. The summed E-state index contributed by atoms with van der Waals surface area (Å²) in [6.45, 7) is 1.79. The second-order valence-corrected chi connectivity index (χ2v) is 3.53. The molecule has 1 aromatic rings. The van der Waals surface area contributed by atoms with Gasteiger partial charge in [0.25, 0.3) is 0 Å². The third-order valence-electron chi connectivity index (χ3n) is 2.11. The van der Waals surface area contributed by atoms with Gasteiger partial charge in [0.1, 0.15) is 5.82 Å². The molecular formula is C13H13FN2O. The van der Waals surface area contributed by atoms with E-state index in [-0.39, 0.29) is 18.1 Å². The standard InChI is InChI=1S/C13H13FN2O/c1-10(17)16-8-2-3-12-5-4-11(6-7-15)9-13(12)14/h2-5,9H,6,8H2,1H3,(H,16,17). The van der Waals surface area contributed by atoms with E-state index in [1.165, 1.54) is 13.0 Å². The first-order valence-electron chi connectivity index (χ1n) is 5.20. The number of amides is 1. The van der Waals surface area contributed by atoms with Crippen LogP contribution in [0.4, 0.5) is 4.39 Å². The predicted molar refractivity (Wildman–Crippen MR) is 63.4 cm³/mol. The molecular weight excluding hydrogens is 219 g/mol. The zero-order valence-corrected chi connectivity index (χ0v) is 9.53. The van der Waals surface area contributed by atoms with Crippen LogP contribution in [0.25, 0.3) is 6.08 Å². The SMILES string of the molecule is CC(=O)NCC=Cc1ccc(CC#N)cc1F. The number of nitrogens with zero attached hydrogens (tertiary/aromatic N) is 1. The first kappa shape index (κ1) is 12.9. The molecule has 0 aliphatic rings. The van der Waals surface area contributed by atoms with Gasteiger partial charge in [-0.25, -0.2) is 4.39 Å². The molecule has 4 heteroatoms. The highest BCUT2D eigenvalue weighted by molar-refractivity contribution is 5.73. The smallest absolute Gasteiger partial charge is 0.217 e. The van der Waals surface area contributed by atoms with E-state index in [0.717, 1.165) is 0 Å². The van der Waals surface area contributed by atoms with Gasteiger partial charge >= 0.3 is 0 Å². The normalized spacial score (nSPS) is 10.2. The summed E-state index contributed by atoms with van der Waals surface area (Å²) >= 11 is 0. The number of carbonyl (C=O) groups excluding carboxylic acids is 1. The van der Waals surface area contributed by atoms with Gasteiger partial charge in [0.15, 0.2) is 0 Å². The number of nitriles is 1. The lowest BCUT2D eigenvalue weighted by molar-refractivity contribution is -0.118. The van der Waals surface area contributed by atoms with Gasteiger partial charge in [-0.3, -0.25) is 4.79 Å². The summed E-state index contributed by atoms with van der Waals surface area (Å²) in [5, 5.41) is 11.1. The lowest BCUT2D eigenvalue weighted by atomic mass is 10.1. The molecule has 0 radical (unpaired) electrons. The van der Waals surface area contributed by atoms with E-state index in [9.17, 15) is 9.18 Å². The predicted octanol–water partition coefficient (Wildman–Crippen LogP) is 2.04. The van der Waals surface area contributed by atoms with Gasteiger partial charge in [-0.05, 0) is 11.6 Å². The van der Waals surface area contributed by atoms with E-state index >= 15 is 0 Å². The molecule has 0 fully saturated rings. The minimum atomic E-state index is -0.364. The Bertz CT molecular complexity index is 475. The highest BCUT2D eigenvalue weighted by Gasteiger charge is 2.00. The molecule has 0 aliphatic heterocycles. The van der Waals surface area contributed by atoms with Crippen molar-refractivity contribution in [2.24, 2.45) is 0 Å². The summed E-state index contributed by atoms with van der Waals surface area (Å²) in [5.74, 6) is -0.490. The van der Waals surface area contributed by atoms with Crippen molar-refractivity contribution in [2.75, 3.05) is 6.54 Å². The van der Waals surface area contributed by atoms with Gasteiger partial charge in [0.05, 0.1) is 12.5 Å². The van der Waals surface area contributed by atoms with Crippen LogP contribution in [0.3, 0.4) is 0 Å². The largest absolute Gasteiger partial charge is 0.353 e. The molecule has 0 aromatic heterocycles. The maximum absolute atomic E-state index is 13.5. The molecule has 0 saturated heterocycles. The summed E-state index contributed by atoms with van der Waals surface area (Å²) in [6, 6.07) is 6.64. The van der Waals surface area contributed by atoms with Crippen molar-refractivity contribution in [1.82, 2.24) is 5.32 Å². The molecule has 0 saturated carbocycles. The van der Waals surface area contributed by atoms with Gasteiger partial charge < -0.3 is 5.32 Å². The van der Waals surface area contributed by atoms with Crippen molar-refractivity contribution in [1.29, 1.82) is 5.26 Å². The number of hydrogen-bond donors (Lipinski definition) is 1. The molecule has 88 valence electrons. The highest BCUT2D eigenvalue weighted by Crippen LogP contribution is 2.12. The van der Waals surface area contributed by atoms with E-state index in [0.29, 0.717) is 17.7 Å². The molecule has 1 rings (SSSR count). The second kappa shape index (κ2) is 6.44. The number of benzene rings is 1. The lowest BCUT2D eigenvalue weighted by Gasteiger charge is -2.00. The van der Waals surface area contributed by atoms with E-state index < -0.39 is 0 Å². The zero-order chi connectivity index (χ0) is 12.7. The Labute approximate surface area is 99.6 Å². The average molecular weight is 232 g/mol. The van der Waals surface area contributed by atoms with E-state index in [1.807, 2.05) is 6.07 Å². The van der Waals surface area contributed by atoms with Crippen molar-refractivity contribution in [2.45, 2.75) is 13.3 Å². The van der Waals surface area contributed by atoms with Gasteiger partial charge in [-0.15, -0.1) is 0 Å². The van der Waals surface area contributed by atoms with Crippen LogP contribution in [0.2, 0.25) is 0 Å². The third-order valence-corrected chi connectivity index (χ3v) is 2.11. The fourth-order valence-corrected chi connectivity index (χ4v) is 1.30. The molecule has 3 nitrogen and oxygen atoms in total. The first-order chi connectivity index (χ1) is 8.13. The number of hydrogen-bond acceptors (Lipinski definition) is 2. The summed E-state index contributed by atoms with van der Waals surface area (Å²) in [5.41, 5.74) is 1.10. The number of nitrogens with one attached hydrogen (secondary N) is 1. The van der Waals surface area contributed by atoms with E-state index in [2.05, 4.69) is 5.32 Å². The number of rotatable bonds is 4. The summed E-state index contributed by atoms with van der Waals surface area (Å²) in [4.78, 5) is 10.6. The monoisotopic (exact) mass is 232 g/mol. The fraction of sp³-hybridized carbons (Fsp3) is 0.231. The van der Waals surface area contributed by atoms with Gasteiger partial charge in [0.2, 0.25) is 5.91 Å². The maximum atomic E-state index is 13.5. The number of carbonyl (C=O) groups is 1. The van der Waals surface area contributed by atoms with Crippen LogP contribution in [0.5, 0.6) is 0 Å². The van der Waals surface area contributed by atoms with Gasteiger partial charge in [0, 0.05) is 19.0 Å². The van der Waals surface area contributed by atoms with Crippen molar-refractivity contribution in [3.63, 3.8) is 0 Å². The molecule has 0 bridgehead atoms. The Balaban J connectivity index is 2.66. The molecule has 0 spiro atoms. The zero-order valence-electron chi connectivity index (χ0n) is 9.53. The molecule has 1 N–H and O–H groups in total. The quantitative estimate of drug-likeness (QED) is 0.863. The fourth-order valence-electron chi connectivity index (χ4n) is 1.30. The lowest BCUT2D eigenvalue weighted by Crippen LogP contribution is -2.19. The maximum Gasteiger partial charge on any atom is 0.217 e. The topological polar surface area (TPSA) is 52.9 Å². The van der Waals surface area contributed by atoms with Crippen LogP contribution >= 0.6 is 0 Å². The summed E-state index contributed by atoms with van der Waals surface area (Å²) < 4.78 is 13.5. The van der Waals surface area contributed by atoms with Crippen LogP contribution < -0.4 is 5.32 Å². The molecule has 0 heterocycles. The second-order valence-electron chi connectivity index (χ2n) is 3.53. The molecule has 0 atom stereocenters. The van der Waals surface area contributed by atoms with Crippen LogP contribution in [-0.4, -0.2) is 12.5 Å². The van der Waals surface area contributed by atoms with E-state index in [4.69, 9.17) is 5.26 Å². The average Bonchev–Trinajstić information content (AvgIpc) is 2.27. The minimum absolute atomic E-state index is 0.125. The van der Waals surface area contributed by atoms with Gasteiger partial charge in [-0.1, -0.05) is 24.3 Å². The molecule has 1 amide bonds. The van der Waals surface area contributed by atoms with Crippen LogP contribution in [0, 0.1) is 17.1 Å². The number of halogens is 1.